The van der Waals surface area contributed by atoms with E-state index in [0.29, 0.717) is 6.10 Å². The number of piperidine rings is 1. The largest absolute Gasteiger partial charge is 0.381 e. The van der Waals surface area contributed by atoms with Crippen LogP contribution in [0.25, 0.3) is 0 Å². The molecule has 0 radical (unpaired) electrons. The number of hydrogen-bond donors (Lipinski definition) is 0. The van der Waals surface area contributed by atoms with Crippen molar-refractivity contribution in [1.29, 1.82) is 0 Å². The fourth-order valence-electron chi connectivity index (χ4n) is 3.51. The van der Waals surface area contributed by atoms with E-state index in [1.807, 2.05) is 30.9 Å². The Hall–Kier alpha value is -1.39. The number of methoxy groups -OCH3 is 1. The lowest BCUT2D eigenvalue weighted by Crippen LogP contribution is -2.38. The van der Waals surface area contributed by atoms with Gasteiger partial charge in [0, 0.05) is 38.9 Å². The van der Waals surface area contributed by atoms with Crippen LogP contribution in [0.2, 0.25) is 0 Å². The van der Waals surface area contributed by atoms with Crippen LogP contribution < -0.4 is 0 Å². The molecular weight excluding hydrogens is 300 g/mol. The average molecular weight is 332 g/mol. The maximum Gasteiger partial charge on any atom is 0.254 e. The van der Waals surface area contributed by atoms with Gasteiger partial charge in [0.15, 0.2) is 0 Å². The molecule has 4 nitrogen and oxygen atoms in total. The minimum Gasteiger partial charge on any atom is -0.381 e. The first-order chi connectivity index (χ1) is 11.8. The van der Waals surface area contributed by atoms with Crippen LogP contribution in [0, 0.1) is 0 Å². The maximum atomic E-state index is 12.4. The first-order valence-corrected chi connectivity index (χ1v) is 9.38. The fourth-order valence-corrected chi connectivity index (χ4v) is 3.51. The van der Waals surface area contributed by atoms with Crippen molar-refractivity contribution >= 4 is 5.91 Å². The second-order valence-electron chi connectivity index (χ2n) is 6.33. The van der Waals surface area contributed by atoms with Crippen molar-refractivity contribution in [3.05, 3.63) is 35.5 Å². The molecule has 24 heavy (non-hydrogen) atoms. The van der Waals surface area contributed by atoms with Crippen molar-refractivity contribution in [2.45, 2.75) is 45.6 Å². The smallest absolute Gasteiger partial charge is 0.254 e. The lowest BCUT2D eigenvalue weighted by atomic mass is 10.1. The molecule has 3 aliphatic rings. The molecular formula is C20H32N2O2. The highest BCUT2D eigenvalue weighted by Gasteiger charge is 2.29. The quantitative estimate of drug-likeness (QED) is 0.775. The summed E-state index contributed by atoms with van der Waals surface area (Å²) in [5, 5.41) is 0. The van der Waals surface area contributed by atoms with E-state index in [2.05, 4.69) is 17.1 Å². The molecule has 0 aromatic rings. The zero-order valence-corrected chi connectivity index (χ0v) is 15.5. The number of hydrogen-bond acceptors (Lipinski definition) is 3. The van der Waals surface area contributed by atoms with Gasteiger partial charge in [-0.25, -0.2) is 0 Å². The van der Waals surface area contributed by atoms with E-state index in [0.717, 1.165) is 64.0 Å². The second kappa shape index (κ2) is 9.80. The molecule has 1 aliphatic carbocycles. The van der Waals surface area contributed by atoms with Crippen LogP contribution in [-0.2, 0) is 9.53 Å². The van der Waals surface area contributed by atoms with Crippen LogP contribution in [0.3, 0.4) is 0 Å². The average Bonchev–Trinajstić information content (AvgIpc) is 2.80. The molecule has 2 saturated heterocycles. The van der Waals surface area contributed by atoms with Crippen molar-refractivity contribution in [3.8, 4) is 0 Å². The number of rotatable bonds is 5. The Morgan fingerprint density at radius 2 is 1.96 bits per heavy atom. The van der Waals surface area contributed by atoms with Crippen LogP contribution in [0.1, 0.15) is 39.5 Å². The minimum absolute atomic E-state index is 0.205. The Kier molecular flexibility index (Phi) is 7.73. The van der Waals surface area contributed by atoms with Crippen molar-refractivity contribution in [2.24, 2.45) is 0 Å². The molecule has 4 heteroatoms. The molecule has 1 amide bonds. The predicted molar refractivity (Wildman–Crippen MR) is 98.9 cm³/mol. The number of ether oxygens (including phenoxy) is 1. The first-order valence-electron chi connectivity index (χ1n) is 9.38. The number of carbonyl (C=O) groups excluding carboxylic acids is 1. The maximum absolute atomic E-state index is 12.4. The fraction of sp³-hybridized carbons (Fsp3) is 0.650. The summed E-state index contributed by atoms with van der Waals surface area (Å²) in [4.78, 5) is 16.9. The Labute approximate surface area is 146 Å². The molecule has 0 saturated carbocycles. The number of carbonyl (C=O) groups is 1. The van der Waals surface area contributed by atoms with E-state index in [4.69, 9.17) is 4.74 Å². The van der Waals surface area contributed by atoms with Crippen LogP contribution in [-0.4, -0.2) is 61.6 Å². The van der Waals surface area contributed by atoms with Crippen molar-refractivity contribution in [2.75, 3.05) is 39.8 Å². The number of likely N-dealkylation sites (tertiary alicyclic amines) is 2. The Balaban J connectivity index is 0.00000100. The molecule has 0 aromatic heterocycles. The van der Waals surface area contributed by atoms with Gasteiger partial charge in [-0.15, -0.1) is 0 Å². The van der Waals surface area contributed by atoms with Gasteiger partial charge in [-0.1, -0.05) is 32.1 Å². The lowest BCUT2D eigenvalue weighted by Gasteiger charge is -2.31. The highest BCUT2D eigenvalue weighted by molar-refractivity contribution is 6.01. The molecule has 3 rings (SSSR count). The van der Waals surface area contributed by atoms with Gasteiger partial charge in [0.05, 0.1) is 6.10 Å². The minimum atomic E-state index is 0.205. The third-order valence-electron chi connectivity index (χ3n) is 4.89. The van der Waals surface area contributed by atoms with Gasteiger partial charge in [0.1, 0.15) is 0 Å². The molecule has 0 bridgehead atoms. The lowest BCUT2D eigenvalue weighted by molar-refractivity contribution is -0.124. The Morgan fingerprint density at radius 3 is 2.67 bits per heavy atom. The number of nitrogens with zero attached hydrogens (tertiary/aromatic N) is 2. The third kappa shape index (κ3) is 4.81. The summed E-state index contributed by atoms with van der Waals surface area (Å²) in [7, 11) is 1.81. The summed E-state index contributed by atoms with van der Waals surface area (Å²) < 4.78 is 5.41. The summed E-state index contributed by atoms with van der Waals surface area (Å²) >= 11 is 0. The van der Waals surface area contributed by atoms with E-state index < -0.39 is 0 Å². The summed E-state index contributed by atoms with van der Waals surface area (Å²) in [6.07, 6.45) is 12.9. The molecule has 0 unspecified atom stereocenters. The zero-order chi connectivity index (χ0) is 17.4. The molecule has 0 aromatic carbocycles. The van der Waals surface area contributed by atoms with Crippen molar-refractivity contribution < 1.29 is 9.53 Å². The van der Waals surface area contributed by atoms with Crippen molar-refractivity contribution in [3.63, 3.8) is 0 Å². The van der Waals surface area contributed by atoms with Gasteiger partial charge in [-0.05, 0) is 43.9 Å². The zero-order valence-electron chi connectivity index (χ0n) is 15.5. The molecule has 0 atom stereocenters. The first kappa shape index (κ1) is 18.9. The van der Waals surface area contributed by atoms with E-state index >= 15 is 0 Å². The summed E-state index contributed by atoms with van der Waals surface area (Å²) in [6, 6.07) is 0. The van der Waals surface area contributed by atoms with Crippen LogP contribution in [0.15, 0.2) is 35.5 Å². The standard InChI is InChI=1S/C18H26N2O2.C2H6/c1-22-16-8-12-19(13-9-16)10-5-11-20-14-15-6-3-2-4-7-17(15)18(20)21;1-2/h2,4,6-7,16H,3,5,8-14H2,1H3;1-2H3. The van der Waals surface area contributed by atoms with E-state index in [-0.39, 0.29) is 5.91 Å². The second-order valence-corrected chi connectivity index (χ2v) is 6.33. The van der Waals surface area contributed by atoms with Crippen molar-refractivity contribution in [1.82, 2.24) is 9.80 Å². The number of allylic oxidation sites excluding steroid dienone is 4. The normalized spacial score (nSPS) is 21.6. The van der Waals surface area contributed by atoms with Gasteiger partial charge < -0.3 is 14.5 Å². The Bertz CT molecular complexity index is 500. The highest BCUT2D eigenvalue weighted by atomic mass is 16.5. The number of fused-ring (bicyclic) bond motifs is 1. The van der Waals surface area contributed by atoms with Gasteiger partial charge in [0.2, 0.25) is 0 Å². The Morgan fingerprint density at radius 1 is 1.21 bits per heavy atom. The number of amides is 1. The van der Waals surface area contributed by atoms with E-state index in [1.165, 1.54) is 5.57 Å². The van der Waals surface area contributed by atoms with Gasteiger partial charge >= 0.3 is 0 Å². The molecule has 134 valence electrons. The van der Waals surface area contributed by atoms with Crippen LogP contribution in [0.4, 0.5) is 0 Å². The molecule has 2 aliphatic heterocycles. The molecule has 0 N–H and O–H groups in total. The predicted octanol–water partition coefficient (Wildman–Crippen LogP) is 3.17. The van der Waals surface area contributed by atoms with Gasteiger partial charge in [-0.2, -0.15) is 0 Å². The van der Waals surface area contributed by atoms with E-state index in [1.54, 1.807) is 7.11 Å². The van der Waals surface area contributed by atoms with Gasteiger partial charge in [-0.3, -0.25) is 4.79 Å². The molecule has 2 fully saturated rings. The molecule has 0 spiro atoms. The monoisotopic (exact) mass is 332 g/mol. The third-order valence-corrected chi connectivity index (χ3v) is 4.89. The SMILES string of the molecule is CC.COC1CCN(CCCN2CC3=CCC=CC=C3C2=O)CC1. The summed E-state index contributed by atoms with van der Waals surface area (Å²) in [5.74, 6) is 0.205. The molecule has 2 heterocycles. The topological polar surface area (TPSA) is 32.8 Å². The summed E-state index contributed by atoms with van der Waals surface area (Å²) in [6.45, 7) is 8.97. The van der Waals surface area contributed by atoms with Crippen LogP contribution >= 0.6 is 0 Å². The highest BCUT2D eigenvalue weighted by Crippen LogP contribution is 2.26. The van der Waals surface area contributed by atoms with Crippen LogP contribution in [0.5, 0.6) is 0 Å². The van der Waals surface area contributed by atoms with E-state index in [9.17, 15) is 4.79 Å². The summed E-state index contributed by atoms with van der Waals surface area (Å²) in [5.41, 5.74) is 2.10. The van der Waals surface area contributed by atoms with Gasteiger partial charge in [0.25, 0.3) is 5.91 Å².